The zero-order valence-electron chi connectivity index (χ0n) is 2.99. The summed E-state index contributed by atoms with van der Waals surface area (Å²) in [6.07, 6.45) is 0. The van der Waals surface area contributed by atoms with Gasteiger partial charge in [-0.25, -0.2) is 0 Å². The van der Waals surface area contributed by atoms with E-state index in [4.69, 9.17) is 0 Å². The lowest BCUT2D eigenvalue weighted by Crippen LogP contribution is -1.61. The number of rotatable bonds is 1. The summed E-state index contributed by atoms with van der Waals surface area (Å²) in [7, 11) is 0.188. The largest absolute Gasteiger partial charge is 0.109 e. The van der Waals surface area contributed by atoms with Crippen molar-refractivity contribution in [2.24, 2.45) is 0 Å². The monoisotopic (exact) mass is 104 g/mol. The van der Waals surface area contributed by atoms with Crippen LogP contribution in [-0.2, 0) is 0 Å². The molecular formula is C3H12Si2. The van der Waals surface area contributed by atoms with Gasteiger partial charge in [0, 0.05) is 9.52 Å². The minimum absolute atomic E-state index is 0. The summed E-state index contributed by atoms with van der Waals surface area (Å²) in [5.74, 6) is 0. The van der Waals surface area contributed by atoms with Crippen LogP contribution in [0.5, 0.6) is 0 Å². The molecule has 32 valence electrons. The minimum atomic E-state index is 0. The molecule has 0 atom stereocenters. The van der Waals surface area contributed by atoms with Crippen LogP contribution >= 0.6 is 0 Å². The van der Waals surface area contributed by atoms with Crippen molar-refractivity contribution >= 4 is 20.5 Å². The fourth-order valence-corrected chi connectivity index (χ4v) is 0. The van der Waals surface area contributed by atoms with Gasteiger partial charge in [0.05, 0.1) is 0 Å². The van der Waals surface area contributed by atoms with Gasteiger partial charge in [-0.3, -0.25) is 0 Å². The third kappa shape index (κ3) is 14.3. The average molecular weight is 104 g/mol. The highest BCUT2D eigenvalue weighted by Gasteiger charge is 1.48. The topological polar surface area (TPSA) is 0 Å². The molecule has 2 heteroatoms. The first-order valence-corrected chi connectivity index (χ1v) is 3.75. The lowest BCUT2D eigenvalue weighted by atomic mass is 11.3. The van der Waals surface area contributed by atoms with E-state index in [2.05, 4.69) is 13.1 Å². The summed E-state index contributed by atoms with van der Waals surface area (Å²) >= 11 is 0. The maximum absolute atomic E-state index is 3.54. The highest BCUT2D eigenvalue weighted by Crippen LogP contribution is 1.48. The summed E-state index contributed by atoms with van der Waals surface area (Å²) in [6, 6.07) is 0. The van der Waals surface area contributed by atoms with Gasteiger partial charge in [-0.15, -0.1) is 12.3 Å². The Hall–Kier alpha value is 0.174. The van der Waals surface area contributed by atoms with Gasteiger partial charge >= 0.3 is 0 Å². The van der Waals surface area contributed by atoms with Crippen LogP contribution in [0.1, 0.15) is 0 Å². The van der Waals surface area contributed by atoms with E-state index in [1.807, 2.05) is 5.70 Å². The van der Waals surface area contributed by atoms with Crippen LogP contribution in [0.4, 0.5) is 0 Å². The molecule has 0 N–H and O–H groups in total. The fraction of sp³-hybridized carbons (Fsp3) is 0.333. The summed E-state index contributed by atoms with van der Waals surface area (Å²) < 4.78 is 0. The van der Waals surface area contributed by atoms with Crippen LogP contribution in [-0.4, -0.2) is 20.5 Å². The van der Waals surface area contributed by atoms with Gasteiger partial charge in [0.25, 0.3) is 0 Å². The van der Waals surface area contributed by atoms with Gasteiger partial charge in [0.1, 0.15) is 0 Å². The van der Waals surface area contributed by atoms with Gasteiger partial charge in [0.15, 0.2) is 0 Å². The second-order valence-electron chi connectivity index (χ2n) is 0.697. The molecule has 0 spiro atoms. The quantitative estimate of drug-likeness (QED) is 0.370. The van der Waals surface area contributed by atoms with Gasteiger partial charge in [-0.1, -0.05) is 6.55 Å². The maximum Gasteiger partial charge on any atom is 0.0415 e. The van der Waals surface area contributed by atoms with Crippen molar-refractivity contribution in [1.82, 2.24) is 0 Å². The van der Waals surface area contributed by atoms with E-state index in [9.17, 15) is 0 Å². The Bertz CT molecular complexity index is 18.9. The molecular weight excluding hydrogens is 92.2 g/mol. The maximum atomic E-state index is 3.54. The molecule has 0 saturated heterocycles. The molecule has 0 aliphatic rings. The highest BCUT2D eigenvalue weighted by atomic mass is 28.2. The Morgan fingerprint density at radius 3 is 2.00 bits per heavy atom. The Morgan fingerprint density at radius 1 is 1.80 bits per heavy atom. The van der Waals surface area contributed by atoms with Crippen LogP contribution in [0.25, 0.3) is 0 Å². The predicted molar refractivity (Wildman–Crippen MR) is 35.9 cm³/mol. The Kier molecular flexibility index (Phi) is 15.9. The van der Waals surface area contributed by atoms with Crippen molar-refractivity contribution in [2.75, 3.05) is 0 Å². The Balaban J connectivity index is 0. The van der Waals surface area contributed by atoms with Crippen molar-refractivity contribution in [1.29, 1.82) is 0 Å². The zero-order valence-corrected chi connectivity index (χ0v) is 4.41. The zero-order chi connectivity index (χ0) is 3.41. The third-order valence-corrected chi connectivity index (χ3v) is 0.866. The molecule has 0 radical (unpaired) electrons. The standard InChI is InChI=1S/C3H8Si.H4Si/c1-3-4-2;/h3H,1,4H2,2H3;1H4. The SMILES string of the molecule is C=C[SiH2]C.[SiH4]. The molecule has 0 aliphatic heterocycles. The van der Waals surface area contributed by atoms with E-state index in [1.54, 1.807) is 0 Å². The van der Waals surface area contributed by atoms with Gasteiger partial charge < -0.3 is 0 Å². The second-order valence-corrected chi connectivity index (χ2v) is 2.09. The first-order chi connectivity index (χ1) is 1.91. The normalized spacial score (nSPS) is 7.40. The van der Waals surface area contributed by atoms with Crippen molar-refractivity contribution in [2.45, 2.75) is 6.55 Å². The fourth-order valence-electron chi connectivity index (χ4n) is 0. The second kappa shape index (κ2) is 8.90. The lowest BCUT2D eigenvalue weighted by molar-refractivity contribution is 2.26. The van der Waals surface area contributed by atoms with E-state index < -0.39 is 0 Å². The first-order valence-electron chi connectivity index (χ1n) is 1.52. The molecule has 0 bridgehead atoms. The molecule has 0 aromatic carbocycles. The minimum Gasteiger partial charge on any atom is -0.109 e. The van der Waals surface area contributed by atoms with Crippen LogP contribution in [0, 0.1) is 0 Å². The number of hydrogen-bond acceptors (Lipinski definition) is 0. The van der Waals surface area contributed by atoms with E-state index in [1.165, 1.54) is 0 Å². The molecule has 0 saturated carbocycles. The van der Waals surface area contributed by atoms with Crippen LogP contribution in [0.2, 0.25) is 6.55 Å². The van der Waals surface area contributed by atoms with Crippen LogP contribution in [0.3, 0.4) is 0 Å². The third-order valence-electron chi connectivity index (χ3n) is 0.289. The summed E-state index contributed by atoms with van der Waals surface area (Å²) in [4.78, 5) is 0. The molecule has 0 nitrogen and oxygen atoms in total. The van der Waals surface area contributed by atoms with Gasteiger partial charge in [-0.05, 0) is 11.0 Å². The van der Waals surface area contributed by atoms with E-state index in [-0.39, 0.29) is 20.5 Å². The van der Waals surface area contributed by atoms with E-state index in [0.717, 1.165) is 0 Å². The molecule has 0 unspecified atom stereocenters. The molecule has 0 rings (SSSR count). The molecule has 0 amide bonds. The molecule has 0 aromatic heterocycles. The van der Waals surface area contributed by atoms with Crippen LogP contribution in [0.15, 0.2) is 12.3 Å². The van der Waals surface area contributed by atoms with Crippen molar-refractivity contribution in [3.8, 4) is 0 Å². The lowest BCUT2D eigenvalue weighted by Gasteiger charge is -1.55. The van der Waals surface area contributed by atoms with Crippen LogP contribution < -0.4 is 0 Å². The highest BCUT2D eigenvalue weighted by molar-refractivity contribution is 6.39. The number of hydrogen-bond donors (Lipinski definition) is 0. The molecule has 0 heterocycles. The Labute approximate surface area is 40.1 Å². The van der Waals surface area contributed by atoms with Crippen molar-refractivity contribution in [3.05, 3.63) is 12.3 Å². The Morgan fingerprint density at radius 2 is 2.00 bits per heavy atom. The molecule has 0 aliphatic carbocycles. The smallest absolute Gasteiger partial charge is 0.0415 e. The van der Waals surface area contributed by atoms with E-state index >= 15 is 0 Å². The van der Waals surface area contributed by atoms with E-state index in [0.29, 0.717) is 0 Å². The predicted octanol–water partition coefficient (Wildman–Crippen LogP) is -1.10. The average Bonchev–Trinajstić information content (AvgIpc) is 1.37. The summed E-state index contributed by atoms with van der Waals surface area (Å²) in [5.41, 5.74) is 2.01. The van der Waals surface area contributed by atoms with Gasteiger partial charge in [-0.2, -0.15) is 0 Å². The molecule has 0 aromatic rings. The first kappa shape index (κ1) is 8.95. The van der Waals surface area contributed by atoms with Gasteiger partial charge in [0.2, 0.25) is 0 Å². The summed E-state index contributed by atoms with van der Waals surface area (Å²) in [6.45, 7) is 5.74. The van der Waals surface area contributed by atoms with Crippen molar-refractivity contribution < 1.29 is 0 Å². The molecule has 5 heavy (non-hydrogen) atoms. The summed E-state index contributed by atoms with van der Waals surface area (Å²) in [5, 5.41) is 0. The van der Waals surface area contributed by atoms with Crippen molar-refractivity contribution in [3.63, 3.8) is 0 Å². The molecule has 0 fully saturated rings.